The first-order chi connectivity index (χ1) is 29.7. The molecule has 308 valence electrons. The van der Waals surface area contributed by atoms with Crippen molar-refractivity contribution in [3.05, 3.63) is 155 Å². The Hall–Kier alpha value is -5.24. The molecule has 0 saturated carbocycles. The van der Waals surface area contributed by atoms with Gasteiger partial charge in [-0.25, -0.2) is 0 Å². The number of nitrogens with zero attached hydrogens (tertiary/aromatic N) is 2. The highest BCUT2D eigenvalue weighted by Gasteiger charge is 2.19. The Morgan fingerprint density at radius 3 is 1.43 bits per heavy atom. The Bertz CT molecular complexity index is 2180. The van der Waals surface area contributed by atoms with Gasteiger partial charge in [-0.15, -0.1) is 9.05 Å². The number of nitrogens with one attached hydrogen (secondary N) is 2. The molecule has 0 atom stereocenters. The summed E-state index contributed by atoms with van der Waals surface area (Å²) in [5.74, 6) is 13.6. The predicted octanol–water partition coefficient (Wildman–Crippen LogP) is 11.4. The molecule has 6 rings (SSSR count). The van der Waals surface area contributed by atoms with E-state index in [-0.39, 0.29) is 0 Å². The van der Waals surface area contributed by atoms with E-state index < -0.39 is 8.25 Å². The van der Waals surface area contributed by atoms with Crippen LogP contribution in [0.25, 0.3) is 21.8 Å². The van der Waals surface area contributed by atoms with Gasteiger partial charge in [0.2, 0.25) is 0 Å². The number of fused-ring (bicyclic) bond motifs is 2. The van der Waals surface area contributed by atoms with E-state index in [1.165, 1.54) is 36.8 Å². The van der Waals surface area contributed by atoms with Gasteiger partial charge in [0.15, 0.2) is 0 Å². The van der Waals surface area contributed by atoms with Crippen LogP contribution in [0.1, 0.15) is 97.6 Å². The third-order valence-electron chi connectivity index (χ3n) is 10.4. The Morgan fingerprint density at radius 2 is 0.967 bits per heavy atom. The van der Waals surface area contributed by atoms with Crippen LogP contribution in [0.15, 0.2) is 122 Å². The molecule has 0 saturated heterocycles. The van der Waals surface area contributed by atoms with Crippen molar-refractivity contribution in [2.24, 2.45) is 0 Å². The van der Waals surface area contributed by atoms with Gasteiger partial charge in [-0.1, -0.05) is 121 Å². The fraction of sp³-hybridized carbons (Fsp3) is 0.346. The maximum atomic E-state index is 12.3. The summed E-state index contributed by atoms with van der Waals surface area (Å²) in [6.07, 6.45) is 16.1. The third kappa shape index (κ3) is 15.1. The van der Waals surface area contributed by atoms with E-state index in [0.29, 0.717) is 39.1 Å². The first-order valence-corrected chi connectivity index (χ1v) is 22.8. The number of rotatable bonds is 24. The van der Waals surface area contributed by atoms with Crippen molar-refractivity contribution in [2.45, 2.75) is 90.1 Å². The largest absolute Gasteiger partial charge is 0.697 e. The standard InChI is InChI=1S/C52H58N4O3P/c57-60(58-39-19-35-53-41-47-33-31-45(49-29-17-37-55-51(47)49)27-15-5-1-3-9-21-43-23-11-7-12-24-43)59-40-20-36-54-42-48-34-32-46(50-30-18-38-56-52(48)50)28-16-6-2-4-10-22-44-25-13-8-14-26-44/h7-8,11-14,17-18,23-26,29-34,37-38,53-54H,1-6,9-10,19-22,35-36,39-42H2/q+1. The maximum absolute atomic E-state index is 12.3. The molecule has 60 heavy (non-hydrogen) atoms. The molecule has 0 bridgehead atoms. The molecule has 2 heterocycles. The van der Waals surface area contributed by atoms with Crippen LogP contribution in [-0.4, -0.2) is 36.3 Å². The summed E-state index contributed by atoms with van der Waals surface area (Å²) in [5.41, 5.74) is 9.06. The molecule has 2 N–H and O–H groups in total. The number of aryl methyl sites for hydroxylation is 2. The lowest BCUT2D eigenvalue weighted by molar-refractivity contribution is 0.220. The Balaban J connectivity index is 0.811. The summed E-state index contributed by atoms with van der Waals surface area (Å²) < 4.78 is 23.2. The monoisotopic (exact) mass is 817 g/mol. The smallest absolute Gasteiger partial charge is 0.313 e. The van der Waals surface area contributed by atoms with Gasteiger partial charge in [-0.2, -0.15) is 0 Å². The van der Waals surface area contributed by atoms with Crippen molar-refractivity contribution < 1.29 is 13.6 Å². The van der Waals surface area contributed by atoms with Crippen molar-refractivity contribution in [3.8, 4) is 23.7 Å². The first-order valence-electron chi connectivity index (χ1n) is 21.7. The van der Waals surface area contributed by atoms with E-state index in [1.807, 2.05) is 24.5 Å². The minimum Gasteiger partial charge on any atom is -0.313 e. The zero-order valence-corrected chi connectivity index (χ0v) is 35.7. The minimum absolute atomic E-state index is 0.357. The zero-order chi connectivity index (χ0) is 41.3. The SMILES string of the molecule is O=[P+](OCCCNCc1ccc(C#CCCCCCc2ccccc2)c2cccnc12)OCCCNCc1ccc(C#CCCCCCc2ccccc2)c2cccnc12. The van der Waals surface area contributed by atoms with Crippen molar-refractivity contribution in [3.63, 3.8) is 0 Å². The van der Waals surface area contributed by atoms with Gasteiger partial charge < -0.3 is 10.6 Å². The van der Waals surface area contributed by atoms with E-state index in [9.17, 15) is 4.57 Å². The van der Waals surface area contributed by atoms with Gasteiger partial charge in [0.25, 0.3) is 0 Å². The number of benzene rings is 4. The first kappa shape index (κ1) is 44.3. The Morgan fingerprint density at radius 1 is 0.500 bits per heavy atom. The number of hydrogen-bond acceptors (Lipinski definition) is 7. The molecule has 7 nitrogen and oxygen atoms in total. The van der Waals surface area contributed by atoms with E-state index in [1.54, 1.807) is 0 Å². The molecule has 0 unspecified atom stereocenters. The molecule has 0 aliphatic carbocycles. The molecular weight excluding hydrogens is 760 g/mol. The molecule has 6 aromatic rings. The fourth-order valence-electron chi connectivity index (χ4n) is 7.16. The molecule has 0 spiro atoms. The second kappa shape index (κ2) is 26.1. The number of aromatic nitrogens is 2. The van der Waals surface area contributed by atoms with Crippen LogP contribution in [0.3, 0.4) is 0 Å². The number of pyridine rings is 2. The predicted molar refractivity (Wildman–Crippen MR) is 247 cm³/mol. The Labute approximate surface area is 358 Å². The molecule has 0 aliphatic rings. The van der Waals surface area contributed by atoms with Crippen LogP contribution in [0, 0.1) is 23.7 Å². The molecule has 0 radical (unpaired) electrons. The van der Waals surface area contributed by atoms with Gasteiger partial charge in [-0.3, -0.25) is 9.97 Å². The minimum atomic E-state index is -2.16. The Kier molecular flexibility index (Phi) is 19.3. The quantitative estimate of drug-likeness (QED) is 0.0357. The van der Waals surface area contributed by atoms with E-state index in [2.05, 4.69) is 141 Å². The van der Waals surface area contributed by atoms with Gasteiger partial charge in [0.05, 0.1) is 11.0 Å². The highest BCUT2D eigenvalue weighted by molar-refractivity contribution is 7.33. The average Bonchev–Trinajstić information content (AvgIpc) is 3.29. The van der Waals surface area contributed by atoms with Crippen molar-refractivity contribution in [1.29, 1.82) is 0 Å². The van der Waals surface area contributed by atoms with Gasteiger partial charge in [-0.05, 0) is 111 Å². The van der Waals surface area contributed by atoms with Crippen LogP contribution < -0.4 is 10.6 Å². The molecular formula is C52H58N4O3P+. The molecule has 0 fully saturated rings. The number of unbranched alkanes of at least 4 members (excludes halogenated alkanes) is 6. The van der Waals surface area contributed by atoms with Crippen molar-refractivity contribution in [2.75, 3.05) is 26.3 Å². The summed E-state index contributed by atoms with van der Waals surface area (Å²) in [6.45, 7) is 3.52. The van der Waals surface area contributed by atoms with Crippen LogP contribution >= 0.6 is 8.25 Å². The van der Waals surface area contributed by atoms with Gasteiger partial charge >= 0.3 is 8.25 Å². The normalized spacial score (nSPS) is 10.9. The molecule has 0 aliphatic heterocycles. The fourth-order valence-corrected chi connectivity index (χ4v) is 7.80. The lowest BCUT2D eigenvalue weighted by atomic mass is 10.0. The second-order valence-electron chi connectivity index (χ2n) is 15.0. The molecule has 0 amide bonds. The molecule has 4 aromatic carbocycles. The zero-order valence-electron chi connectivity index (χ0n) is 34.8. The van der Waals surface area contributed by atoms with Crippen molar-refractivity contribution >= 4 is 30.1 Å². The summed E-state index contributed by atoms with van der Waals surface area (Å²) >= 11 is 0. The average molecular weight is 818 g/mol. The third-order valence-corrected chi connectivity index (χ3v) is 11.2. The van der Waals surface area contributed by atoms with Crippen molar-refractivity contribution in [1.82, 2.24) is 20.6 Å². The topological polar surface area (TPSA) is 85.4 Å². The van der Waals surface area contributed by atoms with Crippen LogP contribution in [-0.2, 0) is 39.5 Å². The highest BCUT2D eigenvalue weighted by Crippen LogP contribution is 2.25. The van der Waals surface area contributed by atoms with Crippen LogP contribution in [0.5, 0.6) is 0 Å². The summed E-state index contributed by atoms with van der Waals surface area (Å²) in [6, 6.07) is 37.9. The highest BCUT2D eigenvalue weighted by atomic mass is 31.1. The number of hydrogen-bond donors (Lipinski definition) is 2. The lowest BCUT2D eigenvalue weighted by Crippen LogP contribution is -2.17. The van der Waals surface area contributed by atoms with Gasteiger partial charge in [0.1, 0.15) is 13.2 Å². The van der Waals surface area contributed by atoms with Crippen LogP contribution in [0.4, 0.5) is 0 Å². The van der Waals surface area contributed by atoms with E-state index in [4.69, 9.17) is 9.05 Å². The van der Waals surface area contributed by atoms with E-state index >= 15 is 0 Å². The second-order valence-corrected chi connectivity index (χ2v) is 16.0. The van der Waals surface area contributed by atoms with Gasteiger partial charge in [0, 0.05) is 64.8 Å². The summed E-state index contributed by atoms with van der Waals surface area (Å²) in [5, 5.41) is 9.11. The van der Waals surface area contributed by atoms with E-state index in [0.717, 1.165) is 95.7 Å². The summed E-state index contributed by atoms with van der Waals surface area (Å²) in [7, 11) is -2.16. The van der Waals surface area contributed by atoms with Crippen LogP contribution in [0.2, 0.25) is 0 Å². The molecule has 2 aromatic heterocycles. The molecule has 8 heteroatoms. The lowest BCUT2D eigenvalue weighted by Gasteiger charge is -2.09. The maximum Gasteiger partial charge on any atom is 0.697 e. The summed E-state index contributed by atoms with van der Waals surface area (Å²) in [4.78, 5) is 9.36.